The first-order valence-corrected chi connectivity index (χ1v) is 4.66. The van der Waals surface area contributed by atoms with Crippen molar-refractivity contribution in [3.63, 3.8) is 0 Å². The molecule has 17 heavy (non-hydrogen) atoms. The molecule has 0 saturated carbocycles. The Labute approximate surface area is 95.1 Å². The van der Waals surface area contributed by atoms with E-state index >= 15 is 0 Å². The Bertz CT molecular complexity index is 583. The van der Waals surface area contributed by atoms with Gasteiger partial charge in [0, 0.05) is 6.20 Å². The van der Waals surface area contributed by atoms with Crippen LogP contribution in [0.2, 0.25) is 0 Å². The zero-order valence-electron chi connectivity index (χ0n) is 8.94. The Morgan fingerprint density at radius 2 is 2.18 bits per heavy atom. The number of carbonyl (C=O) groups is 1. The number of nitrogens with one attached hydrogen (secondary N) is 2. The number of hydrogen-bond donors (Lipinski definition) is 2. The van der Waals surface area contributed by atoms with Crippen LogP contribution in [0, 0.1) is 5.82 Å². The minimum Gasteiger partial charge on any atom is -0.314 e. The summed E-state index contributed by atoms with van der Waals surface area (Å²) in [4.78, 5) is 34.9. The van der Waals surface area contributed by atoms with Crippen LogP contribution in [0.15, 0.2) is 40.2 Å². The van der Waals surface area contributed by atoms with Crippen LogP contribution < -0.4 is 16.6 Å². The lowest BCUT2D eigenvalue weighted by Gasteiger charge is -2.01. The van der Waals surface area contributed by atoms with Crippen LogP contribution in [0.5, 0.6) is 0 Å². The Balaban J connectivity index is 2.94. The fourth-order valence-electron chi connectivity index (χ4n) is 0.954. The maximum Gasteiger partial charge on any atom is 0.336 e. The van der Waals surface area contributed by atoms with Crippen molar-refractivity contribution < 1.29 is 9.18 Å². The maximum absolute atomic E-state index is 12.8. The summed E-state index contributed by atoms with van der Waals surface area (Å²) in [6.07, 6.45) is 6.70. The van der Waals surface area contributed by atoms with E-state index in [1.807, 2.05) is 0 Å². The summed E-state index contributed by atoms with van der Waals surface area (Å²) in [5.74, 6) is -1.21. The normalized spacial score (nSPS) is 11.2. The SMILES string of the molecule is CC=CC=CNC(=O)n1cc(F)c(=O)[nH]c1=O. The summed E-state index contributed by atoms with van der Waals surface area (Å²) >= 11 is 0. The zero-order chi connectivity index (χ0) is 12.8. The monoisotopic (exact) mass is 239 g/mol. The standard InChI is InChI=1S/C10H10FN3O3/c1-2-3-4-5-12-9(16)14-6-7(11)8(15)13-10(14)17/h2-6H,1H3,(H,12,16)(H,13,15,17). The van der Waals surface area contributed by atoms with Gasteiger partial charge in [0.2, 0.25) is 5.82 Å². The van der Waals surface area contributed by atoms with Gasteiger partial charge in [0.05, 0.1) is 6.20 Å². The first-order valence-electron chi connectivity index (χ1n) is 4.66. The van der Waals surface area contributed by atoms with Crippen LogP contribution in [0.1, 0.15) is 6.92 Å². The molecular weight excluding hydrogens is 229 g/mol. The van der Waals surface area contributed by atoms with Crippen LogP contribution in [0.4, 0.5) is 9.18 Å². The number of hydrogen-bond acceptors (Lipinski definition) is 3. The third-order valence-corrected chi connectivity index (χ3v) is 1.72. The van der Waals surface area contributed by atoms with E-state index in [0.29, 0.717) is 10.8 Å². The van der Waals surface area contributed by atoms with Gasteiger partial charge in [0.1, 0.15) is 0 Å². The average molecular weight is 239 g/mol. The quantitative estimate of drug-likeness (QED) is 0.729. The summed E-state index contributed by atoms with van der Waals surface area (Å²) in [6.45, 7) is 1.79. The molecular formula is C10H10FN3O3. The Hall–Kier alpha value is -2.44. The summed E-state index contributed by atoms with van der Waals surface area (Å²) < 4.78 is 13.3. The molecule has 0 spiro atoms. The van der Waals surface area contributed by atoms with Crippen molar-refractivity contribution in [1.82, 2.24) is 14.9 Å². The van der Waals surface area contributed by atoms with E-state index in [-0.39, 0.29) is 0 Å². The third kappa shape index (κ3) is 3.26. The molecule has 1 amide bonds. The lowest BCUT2D eigenvalue weighted by molar-refractivity contribution is 0.244. The fraction of sp³-hybridized carbons (Fsp3) is 0.100. The largest absolute Gasteiger partial charge is 0.336 e. The van der Waals surface area contributed by atoms with Gasteiger partial charge in [-0.1, -0.05) is 12.2 Å². The molecule has 0 atom stereocenters. The van der Waals surface area contributed by atoms with Gasteiger partial charge in [-0.05, 0) is 13.0 Å². The number of nitrogens with zero attached hydrogens (tertiary/aromatic N) is 1. The van der Waals surface area contributed by atoms with Gasteiger partial charge in [-0.2, -0.15) is 4.39 Å². The number of carbonyl (C=O) groups excluding carboxylic acids is 1. The van der Waals surface area contributed by atoms with Crippen LogP contribution >= 0.6 is 0 Å². The molecule has 90 valence electrons. The Kier molecular flexibility index (Phi) is 4.15. The number of halogens is 1. The van der Waals surface area contributed by atoms with Gasteiger partial charge < -0.3 is 5.32 Å². The van der Waals surface area contributed by atoms with E-state index in [4.69, 9.17) is 0 Å². The molecule has 0 aliphatic carbocycles. The summed E-state index contributed by atoms with van der Waals surface area (Å²) in [5.41, 5.74) is -2.17. The van der Waals surface area contributed by atoms with E-state index in [0.717, 1.165) is 0 Å². The molecule has 1 aromatic rings. The Morgan fingerprint density at radius 3 is 2.82 bits per heavy atom. The summed E-state index contributed by atoms with van der Waals surface area (Å²) in [7, 11) is 0. The van der Waals surface area contributed by atoms with E-state index < -0.39 is 23.1 Å². The van der Waals surface area contributed by atoms with Gasteiger partial charge in [0.25, 0.3) is 5.56 Å². The third-order valence-electron chi connectivity index (χ3n) is 1.72. The number of amides is 1. The molecule has 0 radical (unpaired) electrons. The number of H-pyrrole nitrogens is 1. The molecule has 0 unspecified atom stereocenters. The highest BCUT2D eigenvalue weighted by Crippen LogP contribution is 1.84. The predicted octanol–water partition coefficient (Wildman–Crippen LogP) is 0.323. The topological polar surface area (TPSA) is 84.0 Å². The molecule has 1 aromatic heterocycles. The predicted molar refractivity (Wildman–Crippen MR) is 59.2 cm³/mol. The first-order chi connectivity index (χ1) is 8.06. The molecule has 7 heteroatoms. The van der Waals surface area contributed by atoms with Crippen molar-refractivity contribution in [1.29, 1.82) is 0 Å². The second-order valence-corrected chi connectivity index (χ2v) is 2.94. The van der Waals surface area contributed by atoms with Crippen molar-refractivity contribution in [2.24, 2.45) is 0 Å². The molecule has 1 heterocycles. The molecule has 1 rings (SSSR count). The van der Waals surface area contributed by atoms with Crippen molar-refractivity contribution in [3.05, 3.63) is 57.3 Å². The molecule has 0 aliphatic rings. The smallest absolute Gasteiger partial charge is 0.314 e. The van der Waals surface area contributed by atoms with Crippen molar-refractivity contribution >= 4 is 6.03 Å². The van der Waals surface area contributed by atoms with E-state index in [1.165, 1.54) is 12.3 Å². The lowest BCUT2D eigenvalue weighted by atomic mass is 10.5. The molecule has 0 bridgehead atoms. The molecule has 6 nitrogen and oxygen atoms in total. The molecule has 0 fully saturated rings. The van der Waals surface area contributed by atoms with Crippen LogP contribution in [-0.2, 0) is 0 Å². The molecule has 0 aliphatic heterocycles. The molecule has 0 aromatic carbocycles. The van der Waals surface area contributed by atoms with Gasteiger partial charge >= 0.3 is 11.7 Å². The summed E-state index contributed by atoms with van der Waals surface area (Å²) in [6, 6.07) is -0.870. The number of allylic oxidation sites excluding steroid dienone is 3. The van der Waals surface area contributed by atoms with Crippen molar-refractivity contribution in [2.45, 2.75) is 6.92 Å². The van der Waals surface area contributed by atoms with Gasteiger partial charge in [-0.15, -0.1) is 0 Å². The minimum absolute atomic E-state index is 0.427. The van der Waals surface area contributed by atoms with Crippen LogP contribution in [0.25, 0.3) is 0 Å². The Morgan fingerprint density at radius 1 is 1.47 bits per heavy atom. The summed E-state index contributed by atoms with van der Waals surface area (Å²) in [5, 5.41) is 2.22. The van der Waals surface area contributed by atoms with Gasteiger partial charge in [0.15, 0.2) is 0 Å². The number of aromatic nitrogens is 2. The molecule has 0 saturated heterocycles. The van der Waals surface area contributed by atoms with E-state index in [2.05, 4.69) is 5.32 Å². The second-order valence-electron chi connectivity index (χ2n) is 2.94. The lowest BCUT2D eigenvalue weighted by Crippen LogP contribution is -2.39. The van der Waals surface area contributed by atoms with Gasteiger partial charge in [-0.25, -0.2) is 14.2 Å². The average Bonchev–Trinajstić information content (AvgIpc) is 2.29. The number of aromatic amines is 1. The van der Waals surface area contributed by atoms with Crippen molar-refractivity contribution in [2.75, 3.05) is 0 Å². The zero-order valence-corrected chi connectivity index (χ0v) is 8.94. The molecule has 2 N–H and O–H groups in total. The van der Waals surface area contributed by atoms with Gasteiger partial charge in [-0.3, -0.25) is 9.78 Å². The van der Waals surface area contributed by atoms with Crippen molar-refractivity contribution in [3.8, 4) is 0 Å². The van der Waals surface area contributed by atoms with E-state index in [9.17, 15) is 18.8 Å². The highest BCUT2D eigenvalue weighted by Gasteiger charge is 2.08. The first kappa shape index (κ1) is 12.6. The van der Waals surface area contributed by atoms with Crippen LogP contribution in [-0.4, -0.2) is 15.6 Å². The second kappa shape index (κ2) is 5.59. The fourth-order valence-corrected chi connectivity index (χ4v) is 0.954. The van der Waals surface area contributed by atoms with E-state index in [1.54, 1.807) is 24.1 Å². The maximum atomic E-state index is 12.8. The minimum atomic E-state index is -1.21. The highest BCUT2D eigenvalue weighted by atomic mass is 19.1. The van der Waals surface area contributed by atoms with Crippen LogP contribution in [0.3, 0.4) is 0 Å². The number of rotatable bonds is 2. The highest BCUT2D eigenvalue weighted by molar-refractivity contribution is 5.77.